The van der Waals surface area contributed by atoms with Crippen molar-refractivity contribution in [1.29, 1.82) is 0 Å². The average Bonchev–Trinajstić information content (AvgIpc) is 2.66. The van der Waals surface area contributed by atoms with Gasteiger partial charge in [-0.3, -0.25) is 4.79 Å². The molecule has 2 heterocycles. The van der Waals surface area contributed by atoms with Crippen LogP contribution in [0.5, 0.6) is 0 Å². The van der Waals surface area contributed by atoms with E-state index in [4.69, 9.17) is 9.52 Å². The first-order valence-electron chi connectivity index (χ1n) is 5.60. The molecule has 0 saturated carbocycles. The molecule has 0 unspecified atom stereocenters. The maximum absolute atomic E-state index is 10.3. The quantitative estimate of drug-likeness (QED) is 0.803. The Morgan fingerprint density at radius 1 is 1.35 bits per heavy atom. The number of carbonyl (C=O) groups is 1. The molecule has 5 heteroatoms. The van der Waals surface area contributed by atoms with Gasteiger partial charge in [0, 0.05) is 18.5 Å². The number of aryl methyl sites for hydroxylation is 2. The van der Waals surface area contributed by atoms with E-state index in [1.807, 2.05) is 19.1 Å². The van der Waals surface area contributed by atoms with Gasteiger partial charge in [0.25, 0.3) is 0 Å². The average molecular weight is 234 g/mol. The van der Waals surface area contributed by atoms with Crippen molar-refractivity contribution in [2.45, 2.75) is 32.6 Å². The van der Waals surface area contributed by atoms with Gasteiger partial charge in [0.15, 0.2) is 17.1 Å². The van der Waals surface area contributed by atoms with E-state index in [9.17, 15) is 4.79 Å². The first-order chi connectivity index (χ1) is 8.15. The predicted octanol–water partition coefficient (Wildman–Crippen LogP) is 2.33. The SMILES string of the molecule is Cc1ccc2oc(CCCCC(=O)O)nc2n1. The summed E-state index contributed by atoms with van der Waals surface area (Å²) in [6.45, 7) is 1.90. The van der Waals surface area contributed by atoms with Gasteiger partial charge in [-0.05, 0) is 31.9 Å². The van der Waals surface area contributed by atoms with Crippen molar-refractivity contribution >= 4 is 17.2 Å². The van der Waals surface area contributed by atoms with E-state index < -0.39 is 5.97 Å². The molecule has 0 fully saturated rings. The van der Waals surface area contributed by atoms with E-state index in [1.54, 1.807) is 0 Å². The standard InChI is InChI=1S/C12H14N2O3/c1-8-6-7-9-12(13-8)14-10(17-9)4-2-3-5-11(15)16/h6-7H,2-5H2,1H3,(H,15,16). The molecule has 0 bridgehead atoms. The third kappa shape index (κ3) is 3.03. The normalized spacial score (nSPS) is 10.9. The number of aromatic nitrogens is 2. The fraction of sp³-hybridized carbons (Fsp3) is 0.417. The zero-order valence-electron chi connectivity index (χ0n) is 9.64. The molecule has 0 amide bonds. The van der Waals surface area contributed by atoms with Crippen LogP contribution < -0.4 is 0 Å². The number of unbranched alkanes of at least 4 members (excludes halogenated alkanes) is 1. The van der Waals surface area contributed by atoms with E-state index in [2.05, 4.69) is 9.97 Å². The highest BCUT2D eigenvalue weighted by Gasteiger charge is 2.07. The number of pyridine rings is 1. The van der Waals surface area contributed by atoms with E-state index in [1.165, 1.54) is 0 Å². The molecule has 2 aromatic rings. The summed E-state index contributed by atoms with van der Waals surface area (Å²) in [6.07, 6.45) is 2.25. The molecule has 0 aromatic carbocycles. The van der Waals surface area contributed by atoms with Crippen molar-refractivity contribution in [1.82, 2.24) is 9.97 Å². The van der Waals surface area contributed by atoms with E-state index in [0.717, 1.165) is 12.1 Å². The topological polar surface area (TPSA) is 76.2 Å². The van der Waals surface area contributed by atoms with Gasteiger partial charge in [-0.2, -0.15) is 4.98 Å². The molecule has 2 aromatic heterocycles. The van der Waals surface area contributed by atoms with E-state index in [-0.39, 0.29) is 6.42 Å². The number of hydrogen-bond donors (Lipinski definition) is 1. The lowest BCUT2D eigenvalue weighted by atomic mass is 10.2. The van der Waals surface area contributed by atoms with Crippen LogP contribution in [-0.4, -0.2) is 21.0 Å². The van der Waals surface area contributed by atoms with Crippen molar-refractivity contribution in [2.75, 3.05) is 0 Å². The number of carboxylic acids is 1. The van der Waals surface area contributed by atoms with Crippen LogP contribution in [0.2, 0.25) is 0 Å². The monoisotopic (exact) mass is 234 g/mol. The Kier molecular flexibility index (Phi) is 3.37. The summed E-state index contributed by atoms with van der Waals surface area (Å²) in [5, 5.41) is 8.51. The predicted molar refractivity (Wildman–Crippen MR) is 61.7 cm³/mol. The minimum absolute atomic E-state index is 0.192. The summed E-state index contributed by atoms with van der Waals surface area (Å²) in [5.41, 5.74) is 2.21. The molecule has 0 spiro atoms. The summed E-state index contributed by atoms with van der Waals surface area (Å²) in [6, 6.07) is 3.73. The van der Waals surface area contributed by atoms with E-state index >= 15 is 0 Å². The van der Waals surface area contributed by atoms with Gasteiger partial charge in [0.05, 0.1) is 0 Å². The molecule has 0 radical (unpaired) electrons. The Bertz CT molecular complexity index is 534. The molecule has 5 nitrogen and oxygen atoms in total. The van der Waals surface area contributed by atoms with Crippen LogP contribution in [0.1, 0.15) is 30.8 Å². The van der Waals surface area contributed by atoms with Gasteiger partial charge < -0.3 is 9.52 Å². The molecule has 0 atom stereocenters. The van der Waals surface area contributed by atoms with Crippen LogP contribution in [-0.2, 0) is 11.2 Å². The number of aliphatic carboxylic acids is 1. The lowest BCUT2D eigenvalue weighted by Gasteiger charge is -1.93. The van der Waals surface area contributed by atoms with Gasteiger partial charge in [0.2, 0.25) is 0 Å². The summed E-state index contributed by atoms with van der Waals surface area (Å²) >= 11 is 0. The zero-order valence-corrected chi connectivity index (χ0v) is 9.64. The van der Waals surface area contributed by atoms with Crippen LogP contribution in [0, 0.1) is 6.92 Å². The molecule has 0 saturated heterocycles. The highest BCUT2D eigenvalue weighted by atomic mass is 16.4. The Hall–Kier alpha value is -1.91. The first-order valence-corrected chi connectivity index (χ1v) is 5.60. The maximum Gasteiger partial charge on any atom is 0.303 e. The second-order valence-corrected chi connectivity index (χ2v) is 3.98. The Balaban J connectivity index is 1.97. The van der Waals surface area contributed by atoms with Gasteiger partial charge in [-0.1, -0.05) is 0 Å². The number of oxazole rings is 1. The lowest BCUT2D eigenvalue weighted by Crippen LogP contribution is -1.94. The second-order valence-electron chi connectivity index (χ2n) is 3.98. The minimum Gasteiger partial charge on any atom is -0.481 e. The second kappa shape index (κ2) is 4.95. The molecule has 17 heavy (non-hydrogen) atoms. The number of rotatable bonds is 5. The van der Waals surface area contributed by atoms with Crippen LogP contribution in [0.4, 0.5) is 0 Å². The molecular weight excluding hydrogens is 220 g/mol. The maximum atomic E-state index is 10.3. The van der Waals surface area contributed by atoms with Crippen LogP contribution in [0.15, 0.2) is 16.5 Å². The zero-order chi connectivity index (χ0) is 12.3. The highest BCUT2D eigenvalue weighted by molar-refractivity contribution is 5.67. The summed E-state index contributed by atoms with van der Waals surface area (Å²) in [7, 11) is 0. The molecule has 1 N–H and O–H groups in total. The number of fused-ring (bicyclic) bond motifs is 1. The van der Waals surface area contributed by atoms with Crippen LogP contribution >= 0.6 is 0 Å². The Labute approximate surface area is 98.5 Å². The number of carboxylic acid groups (broad SMARTS) is 1. The molecule has 90 valence electrons. The lowest BCUT2D eigenvalue weighted by molar-refractivity contribution is -0.137. The van der Waals surface area contributed by atoms with Gasteiger partial charge in [-0.25, -0.2) is 4.98 Å². The fourth-order valence-corrected chi connectivity index (χ4v) is 1.62. The fourth-order valence-electron chi connectivity index (χ4n) is 1.62. The van der Waals surface area contributed by atoms with Crippen molar-refractivity contribution in [3.8, 4) is 0 Å². The van der Waals surface area contributed by atoms with Crippen molar-refractivity contribution in [2.24, 2.45) is 0 Å². The molecule has 0 aliphatic carbocycles. The van der Waals surface area contributed by atoms with Gasteiger partial charge in [-0.15, -0.1) is 0 Å². The third-order valence-corrected chi connectivity index (χ3v) is 2.47. The number of hydrogen-bond acceptors (Lipinski definition) is 4. The minimum atomic E-state index is -0.764. The van der Waals surface area contributed by atoms with Crippen LogP contribution in [0.25, 0.3) is 11.2 Å². The molecule has 2 rings (SSSR count). The summed E-state index contributed by atoms with van der Waals surface area (Å²) in [4.78, 5) is 18.9. The largest absolute Gasteiger partial charge is 0.481 e. The molecule has 0 aliphatic rings. The smallest absolute Gasteiger partial charge is 0.303 e. The number of nitrogens with zero attached hydrogens (tertiary/aromatic N) is 2. The van der Waals surface area contributed by atoms with Gasteiger partial charge in [0.1, 0.15) is 0 Å². The van der Waals surface area contributed by atoms with Crippen molar-refractivity contribution < 1.29 is 14.3 Å². The van der Waals surface area contributed by atoms with Gasteiger partial charge >= 0.3 is 5.97 Å². The van der Waals surface area contributed by atoms with Crippen molar-refractivity contribution in [3.63, 3.8) is 0 Å². The highest BCUT2D eigenvalue weighted by Crippen LogP contribution is 2.15. The molecule has 0 aliphatic heterocycles. The van der Waals surface area contributed by atoms with E-state index in [0.29, 0.717) is 30.0 Å². The summed E-state index contributed by atoms with van der Waals surface area (Å²) < 4.78 is 5.51. The molecular formula is C12H14N2O3. The first kappa shape index (κ1) is 11.6. The van der Waals surface area contributed by atoms with Crippen LogP contribution in [0.3, 0.4) is 0 Å². The Morgan fingerprint density at radius 2 is 2.18 bits per heavy atom. The Morgan fingerprint density at radius 3 is 2.94 bits per heavy atom. The van der Waals surface area contributed by atoms with Crippen molar-refractivity contribution in [3.05, 3.63) is 23.7 Å². The summed E-state index contributed by atoms with van der Waals surface area (Å²) in [5.74, 6) is -0.136. The third-order valence-electron chi connectivity index (χ3n) is 2.47.